The number of hydrogen-bond donors (Lipinski definition) is 1. The molecule has 1 heterocycles. The van der Waals surface area contributed by atoms with E-state index >= 15 is 0 Å². The minimum atomic E-state index is -2.82. The van der Waals surface area contributed by atoms with E-state index in [1.807, 2.05) is 0 Å². The summed E-state index contributed by atoms with van der Waals surface area (Å²) < 4.78 is 30.0. The van der Waals surface area contributed by atoms with Crippen molar-refractivity contribution in [3.05, 3.63) is 40.3 Å². The molecular weight excluding hydrogens is 312 g/mol. The van der Waals surface area contributed by atoms with Gasteiger partial charge in [0, 0.05) is 12.3 Å². The summed E-state index contributed by atoms with van der Waals surface area (Å²) >= 11 is 1.42. The lowest BCUT2D eigenvalue weighted by atomic mass is 10.2. The average molecular weight is 329 g/mol. The standard InChI is InChI=1S/C14H17F2N3O2S/c1-2-3-8-19-13(20)17-18-14(19)22-9-10-4-6-11(7-5-10)21-12(15)16/h4-7,12H,2-3,8-9H2,1H3,(H,17,20). The van der Waals surface area contributed by atoms with Gasteiger partial charge in [0.25, 0.3) is 0 Å². The Kier molecular flexibility index (Phi) is 6.00. The molecule has 0 saturated carbocycles. The van der Waals surface area contributed by atoms with Crippen LogP contribution in [0.25, 0.3) is 0 Å². The van der Waals surface area contributed by atoms with Crippen molar-refractivity contribution in [2.45, 2.75) is 43.8 Å². The van der Waals surface area contributed by atoms with Gasteiger partial charge >= 0.3 is 12.3 Å². The first-order chi connectivity index (χ1) is 10.6. The molecule has 0 aliphatic heterocycles. The predicted molar refractivity (Wildman–Crippen MR) is 80.4 cm³/mol. The maximum absolute atomic E-state index is 12.1. The molecule has 1 N–H and O–H groups in total. The number of unbranched alkanes of at least 4 members (excludes halogenated alkanes) is 1. The van der Waals surface area contributed by atoms with Crippen LogP contribution in [0, 0.1) is 0 Å². The van der Waals surface area contributed by atoms with Gasteiger partial charge < -0.3 is 4.74 Å². The number of aromatic nitrogens is 3. The molecule has 0 saturated heterocycles. The molecule has 0 bridgehead atoms. The summed E-state index contributed by atoms with van der Waals surface area (Å²) in [5, 5.41) is 7.08. The van der Waals surface area contributed by atoms with Gasteiger partial charge in [-0.2, -0.15) is 8.78 Å². The van der Waals surface area contributed by atoms with Gasteiger partial charge in [0.05, 0.1) is 0 Å². The molecule has 0 amide bonds. The quantitative estimate of drug-likeness (QED) is 0.755. The highest BCUT2D eigenvalue weighted by molar-refractivity contribution is 7.98. The van der Waals surface area contributed by atoms with Gasteiger partial charge in [0.2, 0.25) is 0 Å². The molecule has 0 aliphatic carbocycles. The van der Waals surface area contributed by atoms with Crippen LogP contribution < -0.4 is 10.4 Å². The molecule has 22 heavy (non-hydrogen) atoms. The molecule has 0 atom stereocenters. The van der Waals surface area contributed by atoms with Crippen molar-refractivity contribution in [3.8, 4) is 5.75 Å². The van der Waals surface area contributed by atoms with Crippen LogP contribution in [0.5, 0.6) is 5.75 Å². The maximum Gasteiger partial charge on any atom is 0.387 e. The highest BCUT2D eigenvalue weighted by Gasteiger charge is 2.09. The zero-order valence-corrected chi connectivity index (χ0v) is 12.9. The van der Waals surface area contributed by atoms with Crippen molar-refractivity contribution in [2.24, 2.45) is 0 Å². The molecule has 0 spiro atoms. The third-order valence-corrected chi connectivity index (χ3v) is 4.02. The normalized spacial score (nSPS) is 11.1. The summed E-state index contributed by atoms with van der Waals surface area (Å²) in [5.74, 6) is 0.717. The second-order valence-corrected chi connectivity index (χ2v) is 5.57. The Morgan fingerprint density at radius 2 is 2.09 bits per heavy atom. The van der Waals surface area contributed by atoms with E-state index in [4.69, 9.17) is 0 Å². The van der Waals surface area contributed by atoms with Gasteiger partial charge in [0.1, 0.15) is 5.75 Å². The van der Waals surface area contributed by atoms with Crippen LogP contribution in [0.2, 0.25) is 0 Å². The van der Waals surface area contributed by atoms with E-state index in [1.54, 1.807) is 16.7 Å². The molecular formula is C14H17F2N3O2S. The van der Waals surface area contributed by atoms with Gasteiger partial charge in [-0.3, -0.25) is 4.57 Å². The first-order valence-electron chi connectivity index (χ1n) is 6.92. The molecule has 0 aliphatic rings. The number of rotatable bonds is 8. The van der Waals surface area contributed by atoms with Gasteiger partial charge in [-0.1, -0.05) is 37.2 Å². The summed E-state index contributed by atoms with van der Waals surface area (Å²) in [5.41, 5.74) is 0.723. The monoisotopic (exact) mass is 329 g/mol. The van der Waals surface area contributed by atoms with Crippen molar-refractivity contribution in [3.63, 3.8) is 0 Å². The van der Waals surface area contributed by atoms with E-state index in [9.17, 15) is 13.6 Å². The summed E-state index contributed by atoms with van der Waals surface area (Å²) in [6.07, 6.45) is 1.90. The summed E-state index contributed by atoms with van der Waals surface area (Å²) in [7, 11) is 0. The number of thioether (sulfide) groups is 1. The van der Waals surface area contributed by atoms with Gasteiger partial charge in [-0.05, 0) is 24.1 Å². The van der Waals surface area contributed by atoms with Gasteiger partial charge in [-0.15, -0.1) is 5.10 Å². The molecule has 2 rings (SSSR count). The smallest absolute Gasteiger partial charge is 0.387 e. The zero-order chi connectivity index (χ0) is 15.9. The Morgan fingerprint density at radius 3 is 2.73 bits per heavy atom. The SMILES string of the molecule is CCCCn1c(SCc2ccc(OC(F)F)cc2)n[nH]c1=O. The lowest BCUT2D eigenvalue weighted by Gasteiger charge is -2.06. The third-order valence-electron chi connectivity index (χ3n) is 2.97. The van der Waals surface area contributed by atoms with Crippen molar-refractivity contribution < 1.29 is 13.5 Å². The Morgan fingerprint density at radius 1 is 1.36 bits per heavy atom. The lowest BCUT2D eigenvalue weighted by Crippen LogP contribution is -2.17. The zero-order valence-electron chi connectivity index (χ0n) is 12.1. The second-order valence-electron chi connectivity index (χ2n) is 4.63. The Balaban J connectivity index is 1.96. The molecule has 1 aromatic carbocycles. The molecule has 2 aromatic rings. The minimum Gasteiger partial charge on any atom is -0.435 e. The van der Waals surface area contributed by atoms with Gasteiger partial charge in [-0.25, -0.2) is 9.89 Å². The second kappa shape index (κ2) is 7.98. The van der Waals surface area contributed by atoms with Crippen LogP contribution in [0.4, 0.5) is 8.78 Å². The number of alkyl halides is 2. The van der Waals surface area contributed by atoms with Crippen LogP contribution in [0.3, 0.4) is 0 Å². The minimum absolute atomic E-state index is 0.128. The maximum atomic E-state index is 12.1. The predicted octanol–water partition coefficient (Wildman–Crippen LogP) is 3.27. The van der Waals surface area contributed by atoms with Crippen molar-refractivity contribution >= 4 is 11.8 Å². The Hall–Kier alpha value is -1.83. The molecule has 0 unspecified atom stereocenters. The van der Waals surface area contributed by atoms with E-state index in [-0.39, 0.29) is 11.4 Å². The van der Waals surface area contributed by atoms with Crippen LogP contribution in [0.15, 0.2) is 34.2 Å². The molecule has 5 nitrogen and oxygen atoms in total. The summed E-state index contributed by atoms with van der Waals surface area (Å²) in [6.45, 7) is -0.131. The van der Waals surface area contributed by atoms with E-state index < -0.39 is 6.61 Å². The largest absolute Gasteiger partial charge is 0.435 e. The number of benzene rings is 1. The fourth-order valence-electron chi connectivity index (χ4n) is 1.84. The molecule has 1 aromatic heterocycles. The first-order valence-corrected chi connectivity index (χ1v) is 7.90. The Labute approximate surface area is 130 Å². The van der Waals surface area contributed by atoms with E-state index in [0.717, 1.165) is 18.4 Å². The first kappa shape index (κ1) is 16.5. The fraction of sp³-hybridized carbons (Fsp3) is 0.429. The van der Waals surface area contributed by atoms with E-state index in [2.05, 4.69) is 21.9 Å². The summed E-state index contributed by atoms with van der Waals surface area (Å²) in [4.78, 5) is 11.6. The van der Waals surface area contributed by atoms with E-state index in [1.165, 1.54) is 23.9 Å². The summed E-state index contributed by atoms with van der Waals surface area (Å²) in [6, 6.07) is 6.42. The van der Waals surface area contributed by atoms with Gasteiger partial charge in [0.15, 0.2) is 5.16 Å². The molecule has 120 valence electrons. The number of halogens is 2. The number of nitrogens with one attached hydrogen (secondary N) is 1. The lowest BCUT2D eigenvalue weighted by molar-refractivity contribution is -0.0498. The van der Waals surface area contributed by atoms with Crippen LogP contribution >= 0.6 is 11.8 Å². The number of H-pyrrole nitrogens is 1. The Bertz CT molecular complexity index is 640. The fourth-order valence-corrected chi connectivity index (χ4v) is 2.77. The number of ether oxygens (including phenoxy) is 1. The van der Waals surface area contributed by atoms with Crippen LogP contribution in [-0.4, -0.2) is 21.4 Å². The topological polar surface area (TPSA) is 59.9 Å². The number of nitrogens with zero attached hydrogens (tertiary/aromatic N) is 2. The highest BCUT2D eigenvalue weighted by Crippen LogP contribution is 2.22. The number of aromatic amines is 1. The van der Waals surface area contributed by atoms with E-state index in [0.29, 0.717) is 17.5 Å². The van der Waals surface area contributed by atoms with Crippen molar-refractivity contribution in [1.29, 1.82) is 0 Å². The molecule has 8 heteroatoms. The van der Waals surface area contributed by atoms with Crippen LogP contribution in [0.1, 0.15) is 25.3 Å². The highest BCUT2D eigenvalue weighted by atomic mass is 32.2. The average Bonchev–Trinajstić information content (AvgIpc) is 2.84. The van der Waals surface area contributed by atoms with Crippen LogP contribution in [-0.2, 0) is 12.3 Å². The molecule has 0 radical (unpaired) electrons. The molecule has 0 fully saturated rings. The van der Waals surface area contributed by atoms with Crippen molar-refractivity contribution in [2.75, 3.05) is 0 Å². The third kappa shape index (κ3) is 4.59. The number of hydrogen-bond acceptors (Lipinski definition) is 4. The van der Waals surface area contributed by atoms with Crippen molar-refractivity contribution in [1.82, 2.24) is 14.8 Å².